The van der Waals surface area contributed by atoms with E-state index in [9.17, 15) is 13.2 Å². The van der Waals surface area contributed by atoms with Crippen molar-refractivity contribution in [3.8, 4) is 0 Å². The van der Waals surface area contributed by atoms with E-state index in [-0.39, 0.29) is 6.04 Å². The second kappa shape index (κ2) is 6.43. The number of nitrogens with zero attached hydrogens (tertiary/aromatic N) is 4. The SMILES string of the molecule is Cc1nnc([C@@H](C)N2CCN(c3cccc(C(F)(F)F)c3)CC2)o1. The molecule has 5 nitrogen and oxygen atoms in total. The van der Waals surface area contributed by atoms with Crippen LogP contribution in [-0.4, -0.2) is 41.3 Å². The maximum atomic E-state index is 12.8. The number of anilines is 1. The Labute approximate surface area is 138 Å². The molecule has 2 heterocycles. The molecule has 0 radical (unpaired) electrons. The number of benzene rings is 1. The van der Waals surface area contributed by atoms with Crippen molar-refractivity contribution in [2.45, 2.75) is 26.1 Å². The van der Waals surface area contributed by atoms with Crippen LogP contribution in [0.4, 0.5) is 18.9 Å². The molecule has 1 aromatic heterocycles. The van der Waals surface area contributed by atoms with E-state index >= 15 is 0 Å². The summed E-state index contributed by atoms with van der Waals surface area (Å²) in [6, 6.07) is 5.47. The molecule has 2 aromatic rings. The normalized spacial score (nSPS) is 18.0. The van der Waals surface area contributed by atoms with Crippen LogP contribution < -0.4 is 4.90 Å². The van der Waals surface area contributed by atoms with Gasteiger partial charge < -0.3 is 9.32 Å². The van der Waals surface area contributed by atoms with Crippen molar-refractivity contribution in [3.63, 3.8) is 0 Å². The lowest BCUT2D eigenvalue weighted by molar-refractivity contribution is -0.137. The van der Waals surface area contributed by atoms with Crippen molar-refractivity contribution in [2.24, 2.45) is 0 Å². The summed E-state index contributed by atoms with van der Waals surface area (Å²) in [6.45, 7) is 6.48. The fraction of sp³-hybridized carbons (Fsp3) is 0.500. The quantitative estimate of drug-likeness (QED) is 0.858. The molecule has 1 saturated heterocycles. The van der Waals surface area contributed by atoms with Crippen molar-refractivity contribution in [1.82, 2.24) is 15.1 Å². The van der Waals surface area contributed by atoms with Gasteiger partial charge in [-0.15, -0.1) is 10.2 Å². The molecule has 0 spiro atoms. The van der Waals surface area contributed by atoms with Gasteiger partial charge >= 0.3 is 6.18 Å². The molecule has 0 aliphatic carbocycles. The molecular weight excluding hydrogens is 321 g/mol. The lowest BCUT2D eigenvalue weighted by Crippen LogP contribution is -2.47. The largest absolute Gasteiger partial charge is 0.424 e. The highest BCUT2D eigenvalue weighted by molar-refractivity contribution is 5.49. The Bertz CT molecular complexity index is 693. The predicted molar refractivity (Wildman–Crippen MR) is 82.7 cm³/mol. The minimum absolute atomic E-state index is 0.00476. The molecule has 0 amide bonds. The molecule has 0 unspecified atom stereocenters. The van der Waals surface area contributed by atoms with Crippen LogP contribution in [-0.2, 0) is 6.18 Å². The van der Waals surface area contributed by atoms with Gasteiger partial charge in [-0.3, -0.25) is 4.90 Å². The summed E-state index contributed by atoms with van der Waals surface area (Å²) in [5.74, 6) is 1.10. The van der Waals surface area contributed by atoms with Crippen LogP contribution in [0, 0.1) is 6.92 Å². The number of aromatic nitrogens is 2. The van der Waals surface area contributed by atoms with Gasteiger partial charge in [0.1, 0.15) is 0 Å². The van der Waals surface area contributed by atoms with Crippen LogP contribution in [0.5, 0.6) is 0 Å². The molecule has 3 rings (SSSR count). The van der Waals surface area contributed by atoms with Gasteiger partial charge in [0, 0.05) is 38.8 Å². The second-order valence-corrected chi connectivity index (χ2v) is 5.91. The summed E-state index contributed by atoms with van der Waals surface area (Å²) >= 11 is 0. The van der Waals surface area contributed by atoms with E-state index < -0.39 is 11.7 Å². The van der Waals surface area contributed by atoms with E-state index in [0.717, 1.165) is 19.2 Å². The zero-order valence-corrected chi connectivity index (χ0v) is 13.5. The van der Waals surface area contributed by atoms with Crippen LogP contribution in [0.15, 0.2) is 28.7 Å². The highest BCUT2D eigenvalue weighted by Gasteiger charge is 2.31. The first-order valence-electron chi connectivity index (χ1n) is 7.81. The molecule has 1 aliphatic rings. The van der Waals surface area contributed by atoms with Crippen molar-refractivity contribution in [1.29, 1.82) is 0 Å². The Morgan fingerprint density at radius 2 is 1.83 bits per heavy atom. The number of rotatable bonds is 3. The maximum absolute atomic E-state index is 12.8. The first-order chi connectivity index (χ1) is 11.3. The molecule has 0 bridgehead atoms. The van der Waals surface area contributed by atoms with Crippen molar-refractivity contribution >= 4 is 5.69 Å². The molecule has 0 saturated carbocycles. The third kappa shape index (κ3) is 3.53. The highest BCUT2D eigenvalue weighted by Crippen LogP contribution is 2.32. The minimum Gasteiger partial charge on any atom is -0.424 e. The average Bonchev–Trinajstić information content (AvgIpc) is 3.00. The smallest absolute Gasteiger partial charge is 0.416 e. The van der Waals surface area contributed by atoms with E-state index in [4.69, 9.17) is 4.42 Å². The molecule has 130 valence electrons. The summed E-state index contributed by atoms with van der Waals surface area (Å²) in [6.07, 6.45) is -4.32. The van der Waals surface area contributed by atoms with Gasteiger partial charge in [-0.2, -0.15) is 13.2 Å². The van der Waals surface area contributed by atoms with Crippen molar-refractivity contribution < 1.29 is 17.6 Å². The zero-order valence-electron chi connectivity index (χ0n) is 13.5. The Balaban J connectivity index is 1.65. The average molecular weight is 340 g/mol. The molecule has 1 aromatic carbocycles. The first-order valence-corrected chi connectivity index (χ1v) is 7.81. The first kappa shape index (κ1) is 16.8. The van der Waals surface area contributed by atoms with E-state index in [1.54, 1.807) is 13.0 Å². The number of alkyl halides is 3. The van der Waals surface area contributed by atoms with Gasteiger partial charge in [0.05, 0.1) is 11.6 Å². The van der Waals surface area contributed by atoms with E-state index in [2.05, 4.69) is 15.1 Å². The van der Waals surface area contributed by atoms with Crippen LogP contribution in [0.25, 0.3) is 0 Å². The summed E-state index contributed by atoms with van der Waals surface area (Å²) in [5, 5.41) is 7.88. The fourth-order valence-corrected chi connectivity index (χ4v) is 2.88. The van der Waals surface area contributed by atoms with Gasteiger partial charge in [0.15, 0.2) is 0 Å². The fourth-order valence-electron chi connectivity index (χ4n) is 2.88. The number of hydrogen-bond acceptors (Lipinski definition) is 5. The van der Waals surface area contributed by atoms with Crippen LogP contribution in [0.3, 0.4) is 0 Å². The number of halogens is 3. The summed E-state index contributed by atoms with van der Waals surface area (Å²) in [4.78, 5) is 4.16. The number of aryl methyl sites for hydroxylation is 1. The topological polar surface area (TPSA) is 45.4 Å². The van der Waals surface area contributed by atoms with Crippen LogP contribution in [0.2, 0.25) is 0 Å². The van der Waals surface area contributed by atoms with Crippen molar-refractivity contribution in [3.05, 3.63) is 41.6 Å². The molecule has 0 N–H and O–H groups in total. The maximum Gasteiger partial charge on any atom is 0.416 e. The molecule has 1 aliphatic heterocycles. The summed E-state index contributed by atoms with van der Waals surface area (Å²) in [5.41, 5.74) is -0.0112. The lowest BCUT2D eigenvalue weighted by atomic mass is 10.1. The molecular formula is C16H19F3N4O. The lowest BCUT2D eigenvalue weighted by Gasteiger charge is -2.38. The van der Waals surface area contributed by atoms with Crippen LogP contribution in [0.1, 0.15) is 30.3 Å². The number of hydrogen-bond donors (Lipinski definition) is 0. The summed E-state index contributed by atoms with van der Waals surface area (Å²) < 4.78 is 44.0. The Morgan fingerprint density at radius 1 is 1.12 bits per heavy atom. The van der Waals surface area contributed by atoms with Gasteiger partial charge in [0.25, 0.3) is 0 Å². The third-order valence-electron chi connectivity index (χ3n) is 4.30. The van der Waals surface area contributed by atoms with E-state index in [1.807, 2.05) is 11.8 Å². The molecule has 24 heavy (non-hydrogen) atoms. The zero-order chi connectivity index (χ0) is 17.3. The van der Waals surface area contributed by atoms with E-state index in [0.29, 0.717) is 30.6 Å². The van der Waals surface area contributed by atoms with E-state index in [1.165, 1.54) is 12.1 Å². The second-order valence-electron chi connectivity index (χ2n) is 5.91. The Kier molecular flexibility index (Phi) is 4.49. The van der Waals surface area contributed by atoms with Gasteiger partial charge in [-0.1, -0.05) is 6.07 Å². The molecule has 8 heteroatoms. The minimum atomic E-state index is -4.32. The van der Waals surface area contributed by atoms with Gasteiger partial charge in [-0.25, -0.2) is 0 Å². The number of piperazine rings is 1. The van der Waals surface area contributed by atoms with Gasteiger partial charge in [0.2, 0.25) is 11.8 Å². The Hall–Kier alpha value is -2.09. The molecule has 1 fully saturated rings. The summed E-state index contributed by atoms with van der Waals surface area (Å²) in [7, 11) is 0. The Morgan fingerprint density at radius 3 is 2.42 bits per heavy atom. The predicted octanol–water partition coefficient (Wildman–Crippen LogP) is 3.28. The standard InChI is InChI=1S/C16H19F3N4O/c1-11(15-21-20-12(2)24-15)22-6-8-23(9-7-22)14-5-3-4-13(10-14)16(17,18)19/h3-5,10-11H,6-9H2,1-2H3/t11-/m1/s1. The molecule has 1 atom stereocenters. The monoisotopic (exact) mass is 340 g/mol. The van der Waals surface area contributed by atoms with Gasteiger partial charge in [-0.05, 0) is 25.1 Å². The highest BCUT2D eigenvalue weighted by atomic mass is 19.4. The van der Waals surface area contributed by atoms with Crippen LogP contribution >= 0.6 is 0 Å². The third-order valence-corrected chi connectivity index (χ3v) is 4.30. The van der Waals surface area contributed by atoms with Crippen molar-refractivity contribution in [2.75, 3.05) is 31.1 Å².